The molecule has 2 aliphatic rings. The molecule has 2 N–H and O–H groups in total. The Kier molecular flexibility index (Phi) is 5.04. The van der Waals surface area contributed by atoms with Crippen LogP contribution in [0, 0.1) is 17.8 Å². The Balaban J connectivity index is 1.22. The van der Waals surface area contributed by atoms with E-state index < -0.39 is 0 Å². The zero-order valence-corrected chi connectivity index (χ0v) is 19.9. The number of benzene rings is 2. The molecule has 0 aliphatic carbocycles. The molecule has 4 heterocycles. The van der Waals surface area contributed by atoms with Gasteiger partial charge in [0.05, 0.1) is 35.5 Å². The van der Waals surface area contributed by atoms with E-state index in [2.05, 4.69) is 21.8 Å². The summed E-state index contributed by atoms with van der Waals surface area (Å²) in [5.41, 5.74) is 10.5. The number of amides is 2. The summed E-state index contributed by atoms with van der Waals surface area (Å²) in [4.78, 5) is 36.8. The first-order valence-corrected chi connectivity index (χ1v) is 11.7. The van der Waals surface area contributed by atoms with E-state index in [1.54, 1.807) is 48.4 Å². The van der Waals surface area contributed by atoms with Crippen molar-refractivity contribution in [3.05, 3.63) is 65.6 Å². The van der Waals surface area contributed by atoms with E-state index in [0.717, 1.165) is 22.4 Å². The van der Waals surface area contributed by atoms with Crippen LogP contribution in [0.3, 0.4) is 0 Å². The second-order valence-electron chi connectivity index (χ2n) is 9.24. The predicted octanol–water partition coefficient (Wildman–Crippen LogP) is 2.50. The van der Waals surface area contributed by atoms with Crippen LogP contribution < -0.4 is 10.5 Å². The highest BCUT2D eigenvalue weighted by molar-refractivity contribution is 5.98. The second-order valence-corrected chi connectivity index (χ2v) is 9.24. The number of anilines is 1. The highest BCUT2D eigenvalue weighted by Crippen LogP contribution is 2.37. The van der Waals surface area contributed by atoms with Gasteiger partial charge in [0.25, 0.3) is 5.91 Å². The maximum absolute atomic E-state index is 13.4. The van der Waals surface area contributed by atoms with E-state index in [4.69, 9.17) is 10.5 Å². The summed E-state index contributed by atoms with van der Waals surface area (Å²) >= 11 is 0. The van der Waals surface area contributed by atoms with Crippen molar-refractivity contribution < 1.29 is 14.3 Å². The fourth-order valence-corrected chi connectivity index (χ4v) is 4.76. The molecule has 2 aromatic carbocycles. The fourth-order valence-electron chi connectivity index (χ4n) is 4.76. The number of nitrogen functional groups attached to an aromatic ring is 1. The first-order chi connectivity index (χ1) is 17.4. The molecular weight excluding hydrogens is 456 g/mol. The molecule has 0 unspecified atom stereocenters. The number of fused-ring (bicyclic) bond motifs is 4. The summed E-state index contributed by atoms with van der Waals surface area (Å²) in [6.07, 6.45) is 3.32. The van der Waals surface area contributed by atoms with Crippen molar-refractivity contribution >= 4 is 34.2 Å². The summed E-state index contributed by atoms with van der Waals surface area (Å²) < 4.78 is 7.77. The minimum atomic E-state index is -0.209. The molecule has 0 bridgehead atoms. The van der Waals surface area contributed by atoms with Gasteiger partial charge in [0, 0.05) is 43.8 Å². The number of carbonyl (C=O) groups is 2. The maximum atomic E-state index is 13.4. The third-order valence-electron chi connectivity index (χ3n) is 6.93. The van der Waals surface area contributed by atoms with Crippen LogP contribution in [0.2, 0.25) is 0 Å². The number of imidazole rings is 1. The minimum Gasteiger partial charge on any atom is -0.491 e. The summed E-state index contributed by atoms with van der Waals surface area (Å²) in [6, 6.07) is 11.0. The van der Waals surface area contributed by atoms with Crippen LogP contribution in [-0.4, -0.2) is 62.7 Å². The molecule has 0 saturated carbocycles. The molecule has 0 spiro atoms. The third-order valence-corrected chi connectivity index (χ3v) is 6.93. The van der Waals surface area contributed by atoms with Crippen LogP contribution in [0.1, 0.15) is 34.5 Å². The first kappa shape index (κ1) is 21.9. The molecule has 6 rings (SSSR count). The van der Waals surface area contributed by atoms with Crippen LogP contribution in [-0.2, 0) is 4.79 Å². The Morgan fingerprint density at radius 2 is 2.00 bits per heavy atom. The predicted molar refractivity (Wildman–Crippen MR) is 134 cm³/mol. The topological polar surface area (TPSA) is 106 Å². The molecule has 2 aliphatic heterocycles. The molecule has 2 aromatic heterocycles. The first-order valence-electron chi connectivity index (χ1n) is 11.7. The lowest BCUT2D eigenvalue weighted by atomic mass is 9.99. The van der Waals surface area contributed by atoms with Gasteiger partial charge in [-0.25, -0.2) is 9.97 Å². The highest BCUT2D eigenvalue weighted by Gasteiger charge is 2.31. The summed E-state index contributed by atoms with van der Waals surface area (Å²) in [6.45, 7) is 3.32. The van der Waals surface area contributed by atoms with E-state index in [1.165, 1.54) is 0 Å². The summed E-state index contributed by atoms with van der Waals surface area (Å²) in [7, 11) is 1.79. The van der Waals surface area contributed by atoms with Crippen LogP contribution in [0.4, 0.5) is 5.82 Å². The van der Waals surface area contributed by atoms with Crippen molar-refractivity contribution in [2.75, 3.05) is 32.5 Å². The average Bonchev–Trinajstić information content (AvgIpc) is 3.50. The Bertz CT molecular complexity index is 1610. The number of aromatic nitrogens is 3. The molecule has 9 nitrogen and oxygen atoms in total. The van der Waals surface area contributed by atoms with Gasteiger partial charge < -0.3 is 20.3 Å². The maximum Gasteiger partial charge on any atom is 0.254 e. The lowest BCUT2D eigenvalue weighted by molar-refractivity contribution is -0.133. The smallest absolute Gasteiger partial charge is 0.254 e. The number of rotatable bonds is 2. The highest BCUT2D eigenvalue weighted by atomic mass is 16.5. The standard InChI is InChI=1S/C27H24N6O3/c1-16(34)32-12-18(13-32)4-3-17-5-7-20-24(14-36-25(20)9-17)31(2)27(35)19-6-8-21-22(10-19)33-15-29-11-23(33)26(28)30-21/h5-11,15,18,24H,12-14H2,1-2H3,(H2,28,30)/t24-/m1/s1. The number of nitrogens with two attached hydrogens (primary N) is 1. The largest absolute Gasteiger partial charge is 0.491 e. The van der Waals surface area contributed by atoms with Crippen LogP contribution in [0.15, 0.2) is 48.9 Å². The summed E-state index contributed by atoms with van der Waals surface area (Å²) in [5.74, 6) is 7.73. The fraction of sp³-hybridized carbons (Fsp3) is 0.259. The third kappa shape index (κ3) is 3.58. The molecule has 2 amide bonds. The van der Waals surface area contributed by atoms with Crippen LogP contribution in [0.5, 0.6) is 5.75 Å². The van der Waals surface area contributed by atoms with E-state index in [1.807, 2.05) is 28.7 Å². The number of hydrogen-bond acceptors (Lipinski definition) is 6. The number of likely N-dealkylation sites (tertiary alicyclic amines) is 1. The molecule has 0 radical (unpaired) electrons. The summed E-state index contributed by atoms with van der Waals surface area (Å²) in [5, 5.41) is 0. The number of nitrogens with zero attached hydrogens (tertiary/aromatic N) is 5. The van der Waals surface area contributed by atoms with Gasteiger partial charge in [-0.05, 0) is 30.3 Å². The molecule has 1 fully saturated rings. The van der Waals surface area contributed by atoms with Crippen LogP contribution >= 0.6 is 0 Å². The van der Waals surface area contributed by atoms with E-state index in [0.29, 0.717) is 42.1 Å². The Morgan fingerprint density at radius 3 is 2.81 bits per heavy atom. The van der Waals surface area contributed by atoms with Crippen molar-refractivity contribution in [3.63, 3.8) is 0 Å². The quantitative estimate of drug-likeness (QED) is 0.442. The van der Waals surface area contributed by atoms with E-state index >= 15 is 0 Å². The van der Waals surface area contributed by atoms with Crippen molar-refractivity contribution in [1.82, 2.24) is 24.2 Å². The van der Waals surface area contributed by atoms with Crippen molar-refractivity contribution in [2.45, 2.75) is 13.0 Å². The average molecular weight is 481 g/mol. The van der Waals surface area contributed by atoms with Crippen molar-refractivity contribution in [1.29, 1.82) is 0 Å². The lowest BCUT2D eigenvalue weighted by Crippen LogP contribution is -2.48. The zero-order valence-electron chi connectivity index (χ0n) is 19.9. The molecule has 36 heavy (non-hydrogen) atoms. The molecule has 1 atom stereocenters. The van der Waals surface area contributed by atoms with Gasteiger partial charge in [-0.3, -0.25) is 14.0 Å². The van der Waals surface area contributed by atoms with E-state index in [9.17, 15) is 9.59 Å². The van der Waals surface area contributed by atoms with Crippen LogP contribution in [0.25, 0.3) is 16.6 Å². The zero-order chi connectivity index (χ0) is 25.0. The Labute approximate surface area is 207 Å². The molecular formula is C27H24N6O3. The van der Waals surface area contributed by atoms with Gasteiger partial charge >= 0.3 is 0 Å². The van der Waals surface area contributed by atoms with Gasteiger partial charge in [-0.1, -0.05) is 17.9 Å². The Hall–Kier alpha value is -4.58. The van der Waals surface area contributed by atoms with Gasteiger partial charge in [0.2, 0.25) is 5.91 Å². The molecule has 180 valence electrons. The van der Waals surface area contributed by atoms with Crippen molar-refractivity contribution in [2.24, 2.45) is 5.92 Å². The van der Waals surface area contributed by atoms with Gasteiger partial charge in [0.15, 0.2) is 0 Å². The number of likely N-dealkylation sites (N-methyl/N-ethyl adjacent to an activating group) is 1. The second kappa shape index (κ2) is 8.27. The number of carbonyl (C=O) groups excluding carboxylic acids is 2. The van der Waals surface area contributed by atoms with Crippen molar-refractivity contribution in [3.8, 4) is 17.6 Å². The minimum absolute atomic E-state index is 0.0868. The monoisotopic (exact) mass is 480 g/mol. The number of ether oxygens (including phenoxy) is 1. The lowest BCUT2D eigenvalue weighted by Gasteiger charge is -2.35. The van der Waals surface area contributed by atoms with Gasteiger partial charge in [-0.2, -0.15) is 0 Å². The molecule has 1 saturated heterocycles. The van der Waals surface area contributed by atoms with E-state index in [-0.39, 0.29) is 23.8 Å². The molecule has 9 heteroatoms. The number of hydrogen-bond donors (Lipinski definition) is 1. The normalized spacial score (nSPS) is 16.7. The van der Waals surface area contributed by atoms with Gasteiger partial charge in [0.1, 0.15) is 23.7 Å². The Morgan fingerprint density at radius 1 is 1.17 bits per heavy atom. The van der Waals surface area contributed by atoms with Gasteiger partial charge in [-0.15, -0.1) is 0 Å². The molecule has 4 aromatic rings. The SMILES string of the molecule is CC(=O)N1CC(C#Cc2ccc3c(c2)OC[C@H]3N(C)C(=O)c2ccc3nc(N)c4cncn4c3c2)C1.